The zero-order valence-corrected chi connectivity index (χ0v) is 8.86. The molecule has 0 spiro atoms. The van der Waals surface area contributed by atoms with Crippen LogP contribution in [0.5, 0.6) is 0 Å². The molecule has 0 aliphatic heterocycles. The van der Waals surface area contributed by atoms with Crippen molar-refractivity contribution in [1.82, 2.24) is 10.3 Å². The van der Waals surface area contributed by atoms with Gasteiger partial charge in [0.15, 0.2) is 0 Å². The van der Waals surface area contributed by atoms with E-state index in [0.29, 0.717) is 6.54 Å². The number of methoxy groups -OCH3 is 1. The number of carbonyl (C=O) groups excluding carboxylic acids is 1. The predicted molar refractivity (Wildman–Crippen MR) is 57.0 cm³/mol. The van der Waals surface area contributed by atoms with Gasteiger partial charge >= 0.3 is 5.97 Å². The van der Waals surface area contributed by atoms with Gasteiger partial charge in [-0.25, -0.2) is 4.79 Å². The molecule has 4 heteroatoms. The SMILES string of the molecule is COC(=O)/C=C/NCc1ncccc1C. The molecule has 1 N–H and O–H groups in total. The van der Waals surface area contributed by atoms with Gasteiger partial charge in [-0.15, -0.1) is 0 Å². The lowest BCUT2D eigenvalue weighted by molar-refractivity contribution is -0.134. The van der Waals surface area contributed by atoms with E-state index in [1.165, 1.54) is 13.2 Å². The first-order valence-corrected chi connectivity index (χ1v) is 4.62. The summed E-state index contributed by atoms with van der Waals surface area (Å²) in [6.45, 7) is 2.59. The van der Waals surface area contributed by atoms with E-state index in [9.17, 15) is 4.79 Å². The van der Waals surface area contributed by atoms with Gasteiger partial charge in [0.25, 0.3) is 0 Å². The molecule has 0 aliphatic carbocycles. The Morgan fingerprint density at radius 2 is 2.47 bits per heavy atom. The van der Waals surface area contributed by atoms with Crippen LogP contribution in [0.4, 0.5) is 0 Å². The Morgan fingerprint density at radius 1 is 1.67 bits per heavy atom. The van der Waals surface area contributed by atoms with Crippen LogP contribution < -0.4 is 5.32 Å². The van der Waals surface area contributed by atoms with E-state index in [1.54, 1.807) is 12.4 Å². The van der Waals surface area contributed by atoms with Gasteiger partial charge in [0.05, 0.1) is 19.3 Å². The number of rotatable bonds is 4. The summed E-state index contributed by atoms with van der Waals surface area (Å²) < 4.78 is 4.44. The zero-order valence-electron chi connectivity index (χ0n) is 8.86. The Morgan fingerprint density at radius 3 is 3.13 bits per heavy atom. The van der Waals surface area contributed by atoms with Gasteiger partial charge in [-0.2, -0.15) is 0 Å². The lowest BCUT2D eigenvalue weighted by Crippen LogP contribution is -2.08. The van der Waals surface area contributed by atoms with Crippen LogP contribution in [0.3, 0.4) is 0 Å². The first-order chi connectivity index (χ1) is 7.24. The van der Waals surface area contributed by atoms with Gasteiger partial charge in [-0.3, -0.25) is 4.98 Å². The quantitative estimate of drug-likeness (QED) is 0.593. The molecule has 0 saturated heterocycles. The molecule has 0 radical (unpaired) electrons. The molecule has 0 bridgehead atoms. The number of nitrogens with one attached hydrogen (secondary N) is 1. The molecule has 0 unspecified atom stereocenters. The van der Waals surface area contributed by atoms with Crippen LogP contribution in [0.25, 0.3) is 0 Å². The molecule has 4 nitrogen and oxygen atoms in total. The van der Waals surface area contributed by atoms with E-state index in [1.807, 2.05) is 19.1 Å². The molecular weight excluding hydrogens is 192 g/mol. The molecule has 0 aromatic carbocycles. The van der Waals surface area contributed by atoms with Crippen molar-refractivity contribution in [2.24, 2.45) is 0 Å². The van der Waals surface area contributed by atoms with E-state index < -0.39 is 0 Å². The molecule has 0 aliphatic rings. The first-order valence-electron chi connectivity index (χ1n) is 4.62. The summed E-state index contributed by atoms with van der Waals surface area (Å²) in [5, 5.41) is 2.96. The Labute approximate surface area is 89.0 Å². The fourth-order valence-corrected chi connectivity index (χ4v) is 1.05. The summed E-state index contributed by atoms with van der Waals surface area (Å²) in [5.41, 5.74) is 2.09. The van der Waals surface area contributed by atoms with Gasteiger partial charge in [0.2, 0.25) is 0 Å². The van der Waals surface area contributed by atoms with Crippen LogP contribution in [0.1, 0.15) is 11.3 Å². The highest BCUT2D eigenvalue weighted by molar-refractivity contribution is 5.81. The lowest BCUT2D eigenvalue weighted by atomic mass is 10.2. The van der Waals surface area contributed by atoms with Crippen LogP contribution in [0.2, 0.25) is 0 Å². The summed E-state index contributed by atoms with van der Waals surface area (Å²) in [7, 11) is 1.34. The van der Waals surface area contributed by atoms with Crippen molar-refractivity contribution in [3.8, 4) is 0 Å². The van der Waals surface area contributed by atoms with Crippen LogP contribution in [0, 0.1) is 6.92 Å². The molecule has 0 saturated carbocycles. The maximum Gasteiger partial charge on any atom is 0.331 e. The third-order valence-electron chi connectivity index (χ3n) is 1.93. The summed E-state index contributed by atoms with van der Waals surface area (Å²) in [4.78, 5) is 14.9. The van der Waals surface area contributed by atoms with Crippen molar-refractivity contribution in [2.45, 2.75) is 13.5 Å². The zero-order chi connectivity index (χ0) is 11.1. The van der Waals surface area contributed by atoms with E-state index in [2.05, 4.69) is 15.0 Å². The number of nitrogens with zero attached hydrogens (tertiary/aromatic N) is 1. The van der Waals surface area contributed by atoms with Crippen molar-refractivity contribution < 1.29 is 9.53 Å². The minimum absolute atomic E-state index is 0.375. The van der Waals surface area contributed by atoms with Crippen molar-refractivity contribution in [3.63, 3.8) is 0 Å². The molecule has 80 valence electrons. The van der Waals surface area contributed by atoms with Crippen molar-refractivity contribution in [2.75, 3.05) is 7.11 Å². The number of aryl methyl sites for hydroxylation is 1. The molecular formula is C11H14N2O2. The average Bonchev–Trinajstić information content (AvgIpc) is 2.26. The van der Waals surface area contributed by atoms with E-state index >= 15 is 0 Å². The molecule has 1 rings (SSSR count). The van der Waals surface area contributed by atoms with Gasteiger partial charge in [0.1, 0.15) is 0 Å². The smallest absolute Gasteiger partial charge is 0.331 e. The monoisotopic (exact) mass is 206 g/mol. The molecule has 0 amide bonds. The standard InChI is InChI=1S/C11H14N2O2/c1-9-4-3-6-13-10(9)8-12-7-5-11(14)15-2/h3-7,12H,8H2,1-2H3/b7-5+. The summed E-state index contributed by atoms with van der Waals surface area (Å²) >= 11 is 0. The third-order valence-corrected chi connectivity index (χ3v) is 1.93. The van der Waals surface area contributed by atoms with Crippen LogP contribution in [-0.4, -0.2) is 18.1 Å². The van der Waals surface area contributed by atoms with Crippen LogP contribution in [-0.2, 0) is 16.1 Å². The van der Waals surface area contributed by atoms with Crippen molar-refractivity contribution in [1.29, 1.82) is 0 Å². The van der Waals surface area contributed by atoms with Gasteiger partial charge < -0.3 is 10.1 Å². The molecule has 0 atom stereocenters. The number of ether oxygens (including phenoxy) is 1. The topological polar surface area (TPSA) is 51.2 Å². The highest BCUT2D eigenvalue weighted by atomic mass is 16.5. The lowest BCUT2D eigenvalue weighted by Gasteiger charge is -2.03. The first kappa shape index (κ1) is 11.2. The maximum absolute atomic E-state index is 10.7. The Balaban J connectivity index is 2.41. The molecule has 0 fully saturated rings. The summed E-state index contributed by atoms with van der Waals surface area (Å²) in [6.07, 6.45) is 4.63. The highest BCUT2D eigenvalue weighted by Gasteiger charge is 1.96. The molecule has 15 heavy (non-hydrogen) atoms. The van der Waals surface area contributed by atoms with Crippen LogP contribution in [0.15, 0.2) is 30.6 Å². The third kappa shape index (κ3) is 3.81. The second-order valence-electron chi connectivity index (χ2n) is 3.00. The maximum atomic E-state index is 10.7. The minimum atomic E-state index is -0.375. The summed E-state index contributed by atoms with van der Waals surface area (Å²) in [5.74, 6) is -0.375. The van der Waals surface area contributed by atoms with Crippen molar-refractivity contribution in [3.05, 3.63) is 41.9 Å². The fraction of sp³-hybridized carbons (Fsp3) is 0.273. The minimum Gasteiger partial charge on any atom is -0.466 e. The predicted octanol–water partition coefficient (Wildman–Crippen LogP) is 1.17. The van der Waals surface area contributed by atoms with E-state index in [0.717, 1.165) is 11.3 Å². The molecule has 1 heterocycles. The second kappa shape index (κ2) is 5.80. The second-order valence-corrected chi connectivity index (χ2v) is 3.00. The summed E-state index contributed by atoms with van der Waals surface area (Å²) in [6, 6.07) is 3.89. The Hall–Kier alpha value is -1.84. The number of esters is 1. The number of aromatic nitrogens is 1. The molecule has 1 aromatic rings. The Kier molecular flexibility index (Phi) is 4.34. The van der Waals surface area contributed by atoms with Crippen molar-refractivity contribution >= 4 is 5.97 Å². The number of carbonyl (C=O) groups is 1. The number of hydrogen-bond acceptors (Lipinski definition) is 4. The Bertz CT molecular complexity index is 361. The largest absolute Gasteiger partial charge is 0.466 e. The highest BCUT2D eigenvalue weighted by Crippen LogP contribution is 2.01. The van der Waals surface area contributed by atoms with Crippen LogP contribution >= 0.6 is 0 Å². The number of pyridine rings is 1. The van der Waals surface area contributed by atoms with Gasteiger partial charge in [0, 0.05) is 18.5 Å². The molecule has 1 aromatic heterocycles. The fourth-order valence-electron chi connectivity index (χ4n) is 1.05. The normalized spacial score (nSPS) is 10.3. The van der Waals surface area contributed by atoms with Gasteiger partial charge in [-0.1, -0.05) is 6.07 Å². The average molecular weight is 206 g/mol. The van der Waals surface area contributed by atoms with E-state index in [4.69, 9.17) is 0 Å². The number of hydrogen-bond donors (Lipinski definition) is 1. The van der Waals surface area contributed by atoms with E-state index in [-0.39, 0.29) is 5.97 Å². The van der Waals surface area contributed by atoms with Gasteiger partial charge in [-0.05, 0) is 18.6 Å².